The van der Waals surface area contributed by atoms with Crippen molar-refractivity contribution < 1.29 is 0 Å². The average Bonchev–Trinajstić information content (AvgIpc) is 2.62. The predicted molar refractivity (Wildman–Crippen MR) is 104 cm³/mol. The predicted octanol–water partition coefficient (Wildman–Crippen LogP) is 3.85. The largest absolute Gasteiger partial charge is 0.314 e. The summed E-state index contributed by atoms with van der Waals surface area (Å²) in [6, 6.07) is 19.9. The minimum absolute atomic E-state index is 0.213. The third-order valence-electron chi connectivity index (χ3n) is 4.98. The van der Waals surface area contributed by atoms with Crippen LogP contribution >= 0.6 is 0 Å². The van der Waals surface area contributed by atoms with Gasteiger partial charge in [-0.1, -0.05) is 53.6 Å². The highest BCUT2D eigenvalue weighted by molar-refractivity contribution is 5.78. The maximum atomic E-state index is 5.02. The van der Waals surface area contributed by atoms with Crippen LogP contribution < -0.4 is 5.32 Å². The zero-order valence-electron chi connectivity index (χ0n) is 15.0. The Kier molecular flexibility index (Phi) is 4.51. The number of pyridine rings is 1. The summed E-state index contributed by atoms with van der Waals surface area (Å²) in [4.78, 5) is 7.58. The maximum Gasteiger partial charge on any atom is 0.0777 e. The van der Waals surface area contributed by atoms with Gasteiger partial charge in [-0.25, -0.2) is 0 Å². The van der Waals surface area contributed by atoms with Gasteiger partial charge >= 0.3 is 0 Å². The van der Waals surface area contributed by atoms with Gasteiger partial charge in [-0.3, -0.25) is 9.88 Å². The fourth-order valence-electron chi connectivity index (χ4n) is 3.91. The minimum atomic E-state index is 0.213. The number of piperazine rings is 1. The normalized spacial score (nSPS) is 16.9. The van der Waals surface area contributed by atoms with Gasteiger partial charge < -0.3 is 5.32 Å². The quantitative estimate of drug-likeness (QED) is 0.790. The fourth-order valence-corrected chi connectivity index (χ4v) is 3.91. The standard InChI is InChI=1S/C22H25N3/c1-16-13-17(2)15-19(14-16)22(25-11-9-23-10-12-25)21-8-7-18-5-3-4-6-20(18)24-21/h3-8,13-15,22-23H,9-12H2,1-2H3. The van der Waals surface area contributed by atoms with E-state index < -0.39 is 0 Å². The molecule has 1 atom stereocenters. The monoisotopic (exact) mass is 331 g/mol. The SMILES string of the molecule is Cc1cc(C)cc(C(c2ccc3ccccc3n2)N2CCNCC2)c1. The number of para-hydroxylation sites is 1. The Morgan fingerprint density at radius 2 is 1.64 bits per heavy atom. The molecule has 4 rings (SSSR count). The molecule has 3 nitrogen and oxygen atoms in total. The van der Waals surface area contributed by atoms with Crippen molar-refractivity contribution in [1.29, 1.82) is 0 Å². The number of aryl methyl sites for hydroxylation is 2. The molecule has 0 bridgehead atoms. The van der Waals surface area contributed by atoms with Gasteiger partial charge in [0, 0.05) is 31.6 Å². The van der Waals surface area contributed by atoms with Gasteiger partial charge in [-0.2, -0.15) is 0 Å². The van der Waals surface area contributed by atoms with Crippen molar-refractivity contribution in [2.45, 2.75) is 19.9 Å². The Bertz CT molecular complexity index is 861. The highest BCUT2D eigenvalue weighted by Crippen LogP contribution is 2.30. The zero-order valence-corrected chi connectivity index (χ0v) is 15.0. The second kappa shape index (κ2) is 6.95. The first kappa shape index (κ1) is 16.2. The lowest BCUT2D eigenvalue weighted by Gasteiger charge is -2.35. The summed E-state index contributed by atoms with van der Waals surface area (Å²) in [7, 11) is 0. The molecule has 0 radical (unpaired) electrons. The summed E-state index contributed by atoms with van der Waals surface area (Å²) >= 11 is 0. The van der Waals surface area contributed by atoms with Crippen molar-refractivity contribution >= 4 is 10.9 Å². The molecule has 2 heterocycles. The van der Waals surface area contributed by atoms with Gasteiger partial charge in [0.15, 0.2) is 0 Å². The van der Waals surface area contributed by atoms with Crippen LogP contribution in [0, 0.1) is 13.8 Å². The molecule has 0 aliphatic carbocycles. The number of fused-ring (bicyclic) bond motifs is 1. The number of rotatable bonds is 3. The van der Waals surface area contributed by atoms with Gasteiger partial charge in [0.1, 0.15) is 0 Å². The second-order valence-electron chi connectivity index (χ2n) is 7.04. The van der Waals surface area contributed by atoms with E-state index in [4.69, 9.17) is 4.98 Å². The molecule has 1 aliphatic heterocycles. The lowest BCUT2D eigenvalue weighted by atomic mass is 9.96. The van der Waals surface area contributed by atoms with Gasteiger partial charge in [-0.15, -0.1) is 0 Å². The second-order valence-corrected chi connectivity index (χ2v) is 7.04. The molecule has 2 aromatic carbocycles. The Hall–Kier alpha value is -2.23. The fraction of sp³-hybridized carbons (Fsp3) is 0.318. The molecule has 1 aliphatic rings. The molecular weight excluding hydrogens is 306 g/mol. The Morgan fingerprint density at radius 3 is 2.40 bits per heavy atom. The molecule has 25 heavy (non-hydrogen) atoms. The summed E-state index contributed by atoms with van der Waals surface area (Å²) in [5, 5.41) is 4.66. The highest BCUT2D eigenvalue weighted by Gasteiger charge is 2.25. The van der Waals surface area contributed by atoms with E-state index in [-0.39, 0.29) is 6.04 Å². The third-order valence-corrected chi connectivity index (χ3v) is 4.98. The van der Waals surface area contributed by atoms with Crippen LogP contribution in [-0.4, -0.2) is 36.1 Å². The van der Waals surface area contributed by atoms with Crippen molar-refractivity contribution in [1.82, 2.24) is 15.2 Å². The molecule has 128 valence electrons. The van der Waals surface area contributed by atoms with E-state index in [1.165, 1.54) is 22.1 Å². The van der Waals surface area contributed by atoms with Crippen LogP contribution in [0.15, 0.2) is 54.6 Å². The van der Waals surface area contributed by atoms with Crippen molar-refractivity contribution in [3.05, 3.63) is 77.0 Å². The lowest BCUT2D eigenvalue weighted by Crippen LogP contribution is -2.45. The molecule has 0 spiro atoms. The number of benzene rings is 2. The molecule has 3 aromatic rings. The van der Waals surface area contributed by atoms with E-state index in [9.17, 15) is 0 Å². The van der Waals surface area contributed by atoms with Crippen LogP contribution in [0.1, 0.15) is 28.4 Å². The van der Waals surface area contributed by atoms with E-state index >= 15 is 0 Å². The molecule has 1 saturated heterocycles. The van der Waals surface area contributed by atoms with E-state index in [0.717, 1.165) is 37.4 Å². The Labute approximate surface area is 149 Å². The molecule has 1 aromatic heterocycles. The maximum absolute atomic E-state index is 5.02. The van der Waals surface area contributed by atoms with Crippen LogP contribution in [0.5, 0.6) is 0 Å². The van der Waals surface area contributed by atoms with Crippen LogP contribution in [0.25, 0.3) is 10.9 Å². The highest BCUT2D eigenvalue weighted by atomic mass is 15.2. The molecule has 1 fully saturated rings. The van der Waals surface area contributed by atoms with Gasteiger partial charge in [0.05, 0.1) is 17.3 Å². The zero-order chi connectivity index (χ0) is 17.2. The van der Waals surface area contributed by atoms with Crippen LogP contribution in [-0.2, 0) is 0 Å². The van der Waals surface area contributed by atoms with E-state index in [2.05, 4.69) is 78.7 Å². The summed E-state index contributed by atoms with van der Waals surface area (Å²) in [6.07, 6.45) is 0. The first-order chi connectivity index (χ1) is 12.2. The number of nitrogens with one attached hydrogen (secondary N) is 1. The van der Waals surface area contributed by atoms with Crippen molar-refractivity contribution in [2.75, 3.05) is 26.2 Å². The van der Waals surface area contributed by atoms with Gasteiger partial charge in [0.2, 0.25) is 0 Å². The number of aromatic nitrogens is 1. The molecule has 3 heteroatoms. The van der Waals surface area contributed by atoms with Gasteiger partial charge in [0.25, 0.3) is 0 Å². The van der Waals surface area contributed by atoms with Gasteiger partial charge in [-0.05, 0) is 31.5 Å². The van der Waals surface area contributed by atoms with Crippen LogP contribution in [0.3, 0.4) is 0 Å². The number of nitrogens with zero attached hydrogens (tertiary/aromatic N) is 2. The lowest BCUT2D eigenvalue weighted by molar-refractivity contribution is 0.195. The molecule has 1 unspecified atom stereocenters. The van der Waals surface area contributed by atoms with E-state index in [1.807, 2.05) is 0 Å². The summed E-state index contributed by atoms with van der Waals surface area (Å²) in [5.74, 6) is 0. The summed E-state index contributed by atoms with van der Waals surface area (Å²) < 4.78 is 0. The smallest absolute Gasteiger partial charge is 0.0777 e. The minimum Gasteiger partial charge on any atom is -0.314 e. The molecule has 0 amide bonds. The first-order valence-electron chi connectivity index (χ1n) is 9.09. The molecule has 1 N–H and O–H groups in total. The molecule has 0 saturated carbocycles. The Balaban J connectivity index is 1.83. The molecular formula is C22H25N3. The number of hydrogen-bond donors (Lipinski definition) is 1. The summed E-state index contributed by atoms with van der Waals surface area (Å²) in [5.41, 5.74) is 6.20. The summed E-state index contributed by atoms with van der Waals surface area (Å²) in [6.45, 7) is 8.53. The van der Waals surface area contributed by atoms with Crippen molar-refractivity contribution in [2.24, 2.45) is 0 Å². The average molecular weight is 331 g/mol. The van der Waals surface area contributed by atoms with Crippen molar-refractivity contribution in [3.8, 4) is 0 Å². The third kappa shape index (κ3) is 3.44. The van der Waals surface area contributed by atoms with Crippen molar-refractivity contribution in [3.63, 3.8) is 0 Å². The van der Waals surface area contributed by atoms with Crippen LogP contribution in [0.2, 0.25) is 0 Å². The topological polar surface area (TPSA) is 28.2 Å². The first-order valence-corrected chi connectivity index (χ1v) is 9.09. The van der Waals surface area contributed by atoms with E-state index in [1.54, 1.807) is 0 Å². The number of hydrogen-bond acceptors (Lipinski definition) is 3. The van der Waals surface area contributed by atoms with Crippen LogP contribution in [0.4, 0.5) is 0 Å². The van der Waals surface area contributed by atoms with E-state index in [0.29, 0.717) is 0 Å². The Morgan fingerprint density at radius 1 is 0.920 bits per heavy atom.